The number of halogens is 2. The van der Waals surface area contributed by atoms with Crippen LogP contribution >= 0.6 is 15.9 Å². The highest BCUT2D eigenvalue weighted by atomic mass is 79.9. The van der Waals surface area contributed by atoms with Gasteiger partial charge in [0.2, 0.25) is 5.88 Å². The number of aromatic nitrogens is 1. The molecule has 4 heteroatoms. The monoisotopic (exact) mass is 219 g/mol. The molecule has 0 spiro atoms. The molecule has 0 unspecified atom stereocenters. The minimum atomic E-state index is -0.352. The lowest BCUT2D eigenvalue weighted by Gasteiger charge is -2.03. The second kappa shape index (κ2) is 3.17. The molecule has 0 aliphatic rings. The number of hydrogen-bond acceptors (Lipinski definition) is 2. The van der Waals surface area contributed by atoms with Gasteiger partial charge in [0.25, 0.3) is 0 Å². The molecule has 1 heterocycles. The van der Waals surface area contributed by atoms with E-state index in [1.54, 1.807) is 6.92 Å². The van der Waals surface area contributed by atoms with Gasteiger partial charge in [-0.25, -0.2) is 9.37 Å². The molecular formula is C7H7BrFNO. The fourth-order valence-corrected chi connectivity index (χ4v) is 1.09. The number of nitrogens with zero attached hydrogens (tertiary/aromatic N) is 1. The van der Waals surface area contributed by atoms with Crippen molar-refractivity contribution in [3.8, 4) is 5.88 Å². The molecule has 0 bridgehead atoms. The van der Waals surface area contributed by atoms with E-state index in [1.165, 1.54) is 13.2 Å². The van der Waals surface area contributed by atoms with Gasteiger partial charge in [0.1, 0.15) is 10.3 Å². The van der Waals surface area contributed by atoms with Crippen molar-refractivity contribution in [2.75, 3.05) is 7.11 Å². The predicted molar refractivity (Wildman–Crippen MR) is 43.2 cm³/mol. The molecule has 0 saturated carbocycles. The van der Waals surface area contributed by atoms with Crippen molar-refractivity contribution in [1.29, 1.82) is 0 Å². The van der Waals surface area contributed by atoms with E-state index in [9.17, 15) is 4.39 Å². The van der Waals surface area contributed by atoms with Gasteiger partial charge in [0, 0.05) is 5.69 Å². The molecule has 1 aromatic rings. The Labute approximate surface area is 72.5 Å². The first-order valence-corrected chi connectivity index (χ1v) is 3.81. The fourth-order valence-electron chi connectivity index (χ4n) is 0.726. The first kappa shape index (κ1) is 8.46. The van der Waals surface area contributed by atoms with Crippen LogP contribution in [0.5, 0.6) is 5.88 Å². The molecule has 0 aliphatic carbocycles. The van der Waals surface area contributed by atoms with E-state index in [1.807, 2.05) is 0 Å². The second-order valence-electron chi connectivity index (χ2n) is 2.07. The molecular weight excluding hydrogens is 213 g/mol. The van der Waals surface area contributed by atoms with E-state index < -0.39 is 0 Å². The van der Waals surface area contributed by atoms with Gasteiger partial charge in [-0.2, -0.15) is 0 Å². The normalized spacial score (nSPS) is 9.82. The Kier molecular flexibility index (Phi) is 2.44. The van der Waals surface area contributed by atoms with Gasteiger partial charge in [-0.3, -0.25) is 0 Å². The first-order chi connectivity index (χ1) is 5.15. The molecule has 0 aromatic carbocycles. The zero-order valence-electron chi connectivity index (χ0n) is 6.19. The minimum absolute atomic E-state index is 0.269. The van der Waals surface area contributed by atoms with Crippen molar-refractivity contribution in [1.82, 2.24) is 4.98 Å². The Morgan fingerprint density at radius 3 is 2.82 bits per heavy atom. The number of ether oxygens (including phenoxy) is 1. The van der Waals surface area contributed by atoms with Crippen molar-refractivity contribution in [3.63, 3.8) is 0 Å². The highest BCUT2D eigenvalue weighted by Crippen LogP contribution is 2.25. The van der Waals surface area contributed by atoms with E-state index in [-0.39, 0.29) is 16.2 Å². The van der Waals surface area contributed by atoms with Gasteiger partial charge in [-0.15, -0.1) is 0 Å². The Morgan fingerprint density at radius 1 is 1.64 bits per heavy atom. The summed E-state index contributed by atoms with van der Waals surface area (Å²) >= 11 is 3.01. The summed E-state index contributed by atoms with van der Waals surface area (Å²) in [6.45, 7) is 1.71. The van der Waals surface area contributed by atoms with Gasteiger partial charge in [-0.05, 0) is 28.9 Å². The summed E-state index contributed by atoms with van der Waals surface area (Å²) in [4.78, 5) is 3.94. The average molecular weight is 220 g/mol. The Morgan fingerprint density at radius 2 is 2.27 bits per heavy atom. The number of hydrogen-bond donors (Lipinski definition) is 0. The van der Waals surface area contributed by atoms with Crippen LogP contribution in [0.1, 0.15) is 5.69 Å². The summed E-state index contributed by atoms with van der Waals surface area (Å²) < 4.78 is 17.9. The third-order valence-corrected chi connectivity index (χ3v) is 1.92. The largest absolute Gasteiger partial charge is 0.480 e. The topological polar surface area (TPSA) is 22.1 Å². The summed E-state index contributed by atoms with van der Waals surface area (Å²) in [6, 6.07) is 1.34. The lowest BCUT2D eigenvalue weighted by molar-refractivity contribution is 0.389. The highest BCUT2D eigenvalue weighted by Gasteiger charge is 2.07. The molecule has 0 fully saturated rings. The van der Waals surface area contributed by atoms with E-state index in [4.69, 9.17) is 4.74 Å². The molecule has 0 radical (unpaired) electrons. The van der Waals surface area contributed by atoms with Crippen LogP contribution in [0.3, 0.4) is 0 Å². The molecule has 0 amide bonds. The van der Waals surface area contributed by atoms with Crippen LogP contribution < -0.4 is 4.74 Å². The van der Waals surface area contributed by atoms with Crippen molar-refractivity contribution in [2.45, 2.75) is 6.92 Å². The molecule has 60 valence electrons. The number of pyridine rings is 1. The molecule has 0 N–H and O–H groups in total. The van der Waals surface area contributed by atoms with Gasteiger partial charge < -0.3 is 4.74 Å². The maximum absolute atomic E-state index is 12.9. The van der Waals surface area contributed by atoms with Crippen molar-refractivity contribution >= 4 is 15.9 Å². The number of aryl methyl sites for hydroxylation is 1. The molecule has 0 aliphatic heterocycles. The van der Waals surface area contributed by atoms with E-state index in [0.29, 0.717) is 5.69 Å². The van der Waals surface area contributed by atoms with Crippen LogP contribution in [0, 0.1) is 12.7 Å². The summed E-state index contributed by atoms with van der Waals surface area (Å²) in [6.07, 6.45) is 0. The van der Waals surface area contributed by atoms with Crippen molar-refractivity contribution in [2.24, 2.45) is 0 Å². The Bertz CT molecular complexity index is 277. The summed E-state index contributed by atoms with van der Waals surface area (Å²) in [5.74, 6) is -0.0724. The maximum atomic E-state index is 12.9. The molecule has 0 atom stereocenters. The lowest BCUT2D eigenvalue weighted by Crippen LogP contribution is -1.93. The fraction of sp³-hybridized carbons (Fsp3) is 0.286. The Hall–Kier alpha value is -0.640. The first-order valence-electron chi connectivity index (χ1n) is 3.01. The third kappa shape index (κ3) is 1.68. The Balaban J connectivity index is 3.24. The minimum Gasteiger partial charge on any atom is -0.480 e. The molecule has 0 saturated heterocycles. The zero-order valence-corrected chi connectivity index (χ0v) is 7.77. The van der Waals surface area contributed by atoms with Crippen LogP contribution in [0.2, 0.25) is 0 Å². The summed E-state index contributed by atoms with van der Waals surface area (Å²) in [7, 11) is 1.45. The van der Waals surface area contributed by atoms with Crippen LogP contribution in [-0.4, -0.2) is 12.1 Å². The van der Waals surface area contributed by atoms with Gasteiger partial charge >= 0.3 is 0 Å². The average Bonchev–Trinajstić information content (AvgIpc) is 1.96. The van der Waals surface area contributed by atoms with Gasteiger partial charge in [0.15, 0.2) is 0 Å². The second-order valence-corrected chi connectivity index (χ2v) is 2.86. The zero-order chi connectivity index (χ0) is 8.43. The van der Waals surface area contributed by atoms with Crippen LogP contribution in [0.15, 0.2) is 10.5 Å². The summed E-state index contributed by atoms with van der Waals surface area (Å²) in [5.41, 5.74) is 0.600. The number of methoxy groups -OCH3 is 1. The third-order valence-electron chi connectivity index (χ3n) is 1.20. The standard InChI is InChI=1S/C7H7BrFNO/c1-4-3-5(9)6(8)7(10-4)11-2/h3H,1-2H3. The van der Waals surface area contributed by atoms with E-state index >= 15 is 0 Å². The van der Waals surface area contributed by atoms with E-state index in [2.05, 4.69) is 20.9 Å². The smallest absolute Gasteiger partial charge is 0.230 e. The maximum Gasteiger partial charge on any atom is 0.230 e. The molecule has 1 rings (SSSR count). The molecule has 2 nitrogen and oxygen atoms in total. The van der Waals surface area contributed by atoms with Crippen LogP contribution in [0.4, 0.5) is 4.39 Å². The van der Waals surface area contributed by atoms with Crippen LogP contribution in [-0.2, 0) is 0 Å². The van der Waals surface area contributed by atoms with Crippen molar-refractivity contribution in [3.05, 3.63) is 22.1 Å². The SMILES string of the molecule is COc1nc(C)cc(F)c1Br. The van der Waals surface area contributed by atoms with Gasteiger partial charge in [0.05, 0.1) is 7.11 Å². The number of rotatable bonds is 1. The van der Waals surface area contributed by atoms with Gasteiger partial charge in [-0.1, -0.05) is 0 Å². The van der Waals surface area contributed by atoms with Crippen molar-refractivity contribution < 1.29 is 9.13 Å². The highest BCUT2D eigenvalue weighted by molar-refractivity contribution is 9.10. The predicted octanol–water partition coefficient (Wildman–Crippen LogP) is 2.30. The molecule has 1 aromatic heterocycles. The lowest BCUT2D eigenvalue weighted by atomic mass is 10.4. The molecule has 11 heavy (non-hydrogen) atoms. The summed E-state index contributed by atoms with van der Waals surface area (Å²) in [5, 5.41) is 0. The quantitative estimate of drug-likeness (QED) is 0.724. The van der Waals surface area contributed by atoms with Crippen LogP contribution in [0.25, 0.3) is 0 Å². The van der Waals surface area contributed by atoms with E-state index in [0.717, 1.165) is 0 Å².